The quantitative estimate of drug-likeness (QED) is 0.827. The molecule has 3 rings (SSSR count). The number of ether oxygens (including phenoxy) is 1. The molecule has 4 atom stereocenters. The Kier molecular flexibility index (Phi) is 3.35. The van der Waals surface area contributed by atoms with Gasteiger partial charge in [0.25, 0.3) is 0 Å². The number of hydrogen-bond donors (Lipinski definition) is 2. The van der Waals surface area contributed by atoms with E-state index in [1.807, 2.05) is 6.07 Å². The zero-order valence-electron chi connectivity index (χ0n) is 10.3. The summed E-state index contributed by atoms with van der Waals surface area (Å²) in [6.07, 6.45) is 2.52. The van der Waals surface area contributed by atoms with Gasteiger partial charge in [-0.2, -0.15) is 0 Å². The molecule has 6 heteroatoms. The first-order valence-corrected chi connectivity index (χ1v) is 6.98. The molecule has 2 bridgehead atoms. The van der Waals surface area contributed by atoms with Crippen molar-refractivity contribution < 1.29 is 19.4 Å². The molecule has 1 aromatic carbocycles. The highest BCUT2D eigenvalue weighted by Crippen LogP contribution is 2.39. The van der Waals surface area contributed by atoms with Gasteiger partial charge in [-0.15, -0.1) is 0 Å². The van der Waals surface area contributed by atoms with Crippen molar-refractivity contribution in [3.05, 3.63) is 40.9 Å². The van der Waals surface area contributed by atoms with Gasteiger partial charge in [-0.05, 0) is 18.2 Å². The van der Waals surface area contributed by atoms with Gasteiger partial charge < -0.3 is 15.2 Å². The van der Waals surface area contributed by atoms with Crippen LogP contribution in [0.4, 0.5) is 5.69 Å². The Morgan fingerprint density at radius 1 is 1.20 bits per heavy atom. The Bertz CT molecular complexity index is 601. The fourth-order valence-electron chi connectivity index (χ4n) is 2.71. The minimum absolute atomic E-state index is 0.327. The summed E-state index contributed by atoms with van der Waals surface area (Å²) in [5, 5.41) is 12.0. The first kappa shape index (κ1) is 13.3. The van der Waals surface area contributed by atoms with E-state index in [1.165, 1.54) is 0 Å². The van der Waals surface area contributed by atoms with E-state index < -0.39 is 30.0 Å². The second-order valence-corrected chi connectivity index (χ2v) is 5.76. The lowest BCUT2D eigenvalue weighted by molar-refractivity contribution is -0.145. The molecule has 1 amide bonds. The van der Waals surface area contributed by atoms with Gasteiger partial charge in [0.15, 0.2) is 0 Å². The summed E-state index contributed by atoms with van der Waals surface area (Å²) in [6, 6.07) is 7.16. The molecule has 1 aromatic rings. The highest BCUT2D eigenvalue weighted by molar-refractivity contribution is 9.10. The highest BCUT2D eigenvalue weighted by Gasteiger charge is 2.53. The number of anilines is 1. The number of nitrogens with one attached hydrogen (secondary N) is 1. The molecule has 2 N–H and O–H groups in total. The average molecular weight is 338 g/mol. The number of carbonyl (C=O) groups is 2. The van der Waals surface area contributed by atoms with Crippen molar-refractivity contribution in [3.8, 4) is 0 Å². The smallest absolute Gasteiger partial charge is 0.310 e. The third kappa shape index (κ3) is 2.25. The largest absolute Gasteiger partial charge is 0.481 e. The molecule has 0 radical (unpaired) electrons. The van der Waals surface area contributed by atoms with E-state index in [4.69, 9.17) is 4.74 Å². The molecule has 0 spiro atoms. The Labute approximate surface area is 123 Å². The maximum Gasteiger partial charge on any atom is 0.310 e. The van der Waals surface area contributed by atoms with E-state index in [0.29, 0.717) is 5.69 Å². The topological polar surface area (TPSA) is 75.6 Å². The number of amides is 1. The number of fused-ring (bicyclic) bond motifs is 2. The Hall–Kier alpha value is -1.66. The summed E-state index contributed by atoms with van der Waals surface area (Å²) in [7, 11) is 0. The first-order chi connectivity index (χ1) is 9.56. The lowest BCUT2D eigenvalue weighted by Crippen LogP contribution is -2.39. The van der Waals surface area contributed by atoms with Gasteiger partial charge in [0.05, 0.1) is 18.1 Å². The molecule has 0 aromatic heterocycles. The van der Waals surface area contributed by atoms with Crippen LogP contribution in [0.1, 0.15) is 0 Å². The fourth-order valence-corrected chi connectivity index (χ4v) is 3.11. The second-order valence-electron chi connectivity index (χ2n) is 4.84. The number of carbonyl (C=O) groups excluding carboxylic acids is 1. The van der Waals surface area contributed by atoms with Crippen molar-refractivity contribution in [3.63, 3.8) is 0 Å². The number of carboxylic acids is 1. The van der Waals surface area contributed by atoms with E-state index in [-0.39, 0.29) is 5.91 Å². The summed E-state index contributed by atoms with van der Waals surface area (Å²) in [5.74, 6) is -2.85. The van der Waals surface area contributed by atoms with E-state index in [0.717, 1.165) is 4.47 Å². The maximum atomic E-state index is 12.3. The van der Waals surface area contributed by atoms with Gasteiger partial charge >= 0.3 is 5.97 Å². The van der Waals surface area contributed by atoms with Crippen LogP contribution in [0, 0.1) is 11.8 Å². The van der Waals surface area contributed by atoms with Gasteiger partial charge in [0.2, 0.25) is 5.91 Å². The number of carboxylic acid groups (broad SMARTS) is 1. The number of aliphatic carboxylic acids is 1. The number of benzene rings is 1. The summed E-state index contributed by atoms with van der Waals surface area (Å²) in [5.41, 5.74) is 0.625. The predicted octanol–water partition coefficient (Wildman–Crippen LogP) is 2.04. The molecule has 2 heterocycles. The number of halogens is 1. The minimum atomic E-state index is -1.00. The summed E-state index contributed by atoms with van der Waals surface area (Å²) >= 11 is 3.32. The van der Waals surface area contributed by atoms with Gasteiger partial charge in [0.1, 0.15) is 5.92 Å². The van der Waals surface area contributed by atoms with Crippen molar-refractivity contribution in [1.29, 1.82) is 0 Å². The SMILES string of the molecule is O=C(Nc1cccc(Br)c1)[C@@H]1[C@H](C(=O)O)[C@@H]2C=C[C@H]1O2. The van der Waals surface area contributed by atoms with Crippen LogP contribution in [-0.2, 0) is 14.3 Å². The number of rotatable bonds is 3. The maximum absolute atomic E-state index is 12.3. The second kappa shape index (κ2) is 5.03. The third-order valence-electron chi connectivity index (χ3n) is 3.58. The van der Waals surface area contributed by atoms with Crippen molar-refractivity contribution in [1.82, 2.24) is 0 Å². The molecule has 104 valence electrons. The molecule has 20 heavy (non-hydrogen) atoms. The molecule has 1 fully saturated rings. The third-order valence-corrected chi connectivity index (χ3v) is 4.07. The van der Waals surface area contributed by atoms with Crippen LogP contribution in [0.3, 0.4) is 0 Å². The minimum Gasteiger partial charge on any atom is -0.481 e. The lowest BCUT2D eigenvalue weighted by Gasteiger charge is -2.21. The molecule has 5 nitrogen and oxygen atoms in total. The van der Waals surface area contributed by atoms with Gasteiger partial charge in [-0.3, -0.25) is 9.59 Å². The zero-order valence-corrected chi connectivity index (χ0v) is 11.9. The highest BCUT2D eigenvalue weighted by atomic mass is 79.9. The molecule has 0 unspecified atom stereocenters. The molecule has 0 aliphatic carbocycles. The molecule has 1 saturated heterocycles. The fraction of sp³-hybridized carbons (Fsp3) is 0.286. The Morgan fingerprint density at radius 2 is 1.90 bits per heavy atom. The summed E-state index contributed by atoms with van der Waals surface area (Å²) < 4.78 is 6.32. The Morgan fingerprint density at radius 3 is 2.55 bits per heavy atom. The normalized spacial score (nSPS) is 30.4. The van der Waals surface area contributed by atoms with Crippen LogP contribution < -0.4 is 5.32 Å². The van der Waals surface area contributed by atoms with Crippen LogP contribution in [0.2, 0.25) is 0 Å². The first-order valence-electron chi connectivity index (χ1n) is 6.19. The summed E-state index contributed by atoms with van der Waals surface area (Å²) in [4.78, 5) is 23.6. The molecule has 0 saturated carbocycles. The lowest BCUT2D eigenvalue weighted by atomic mass is 9.82. The van der Waals surface area contributed by atoms with Crippen LogP contribution >= 0.6 is 15.9 Å². The molecule has 2 aliphatic heterocycles. The van der Waals surface area contributed by atoms with E-state index in [2.05, 4.69) is 21.2 Å². The van der Waals surface area contributed by atoms with Crippen LogP contribution in [0.25, 0.3) is 0 Å². The van der Waals surface area contributed by atoms with Crippen molar-refractivity contribution in [2.75, 3.05) is 5.32 Å². The van der Waals surface area contributed by atoms with Crippen LogP contribution in [-0.4, -0.2) is 29.2 Å². The van der Waals surface area contributed by atoms with E-state index >= 15 is 0 Å². The summed E-state index contributed by atoms with van der Waals surface area (Å²) in [6.45, 7) is 0. The average Bonchev–Trinajstić information content (AvgIpc) is 2.98. The van der Waals surface area contributed by atoms with E-state index in [9.17, 15) is 14.7 Å². The molecular formula is C14H12BrNO4. The monoisotopic (exact) mass is 337 g/mol. The van der Waals surface area contributed by atoms with Gasteiger partial charge in [-0.1, -0.05) is 34.1 Å². The van der Waals surface area contributed by atoms with Crippen molar-refractivity contribution in [2.24, 2.45) is 11.8 Å². The van der Waals surface area contributed by atoms with Gasteiger partial charge in [-0.25, -0.2) is 0 Å². The van der Waals surface area contributed by atoms with Gasteiger partial charge in [0, 0.05) is 10.2 Å². The zero-order chi connectivity index (χ0) is 14.3. The molecular weight excluding hydrogens is 326 g/mol. The van der Waals surface area contributed by atoms with Crippen molar-refractivity contribution in [2.45, 2.75) is 12.2 Å². The van der Waals surface area contributed by atoms with Crippen molar-refractivity contribution >= 4 is 33.5 Å². The van der Waals surface area contributed by atoms with Crippen LogP contribution in [0.15, 0.2) is 40.9 Å². The number of hydrogen-bond acceptors (Lipinski definition) is 3. The Balaban J connectivity index is 1.80. The molecule has 2 aliphatic rings. The van der Waals surface area contributed by atoms with E-state index in [1.54, 1.807) is 30.4 Å². The predicted molar refractivity (Wildman–Crippen MR) is 75.2 cm³/mol. The van der Waals surface area contributed by atoms with Crippen LogP contribution in [0.5, 0.6) is 0 Å². The standard InChI is InChI=1S/C14H12BrNO4/c15-7-2-1-3-8(6-7)16-13(17)11-9-4-5-10(20-9)12(11)14(18)19/h1-6,9-12H,(H,16,17)(H,18,19)/t9-,10+,11+,12-/m1/s1.